The van der Waals surface area contributed by atoms with Crippen molar-refractivity contribution in [3.05, 3.63) is 138 Å². The van der Waals surface area contributed by atoms with Crippen LogP contribution in [0.15, 0.2) is 114 Å². The maximum absolute atomic E-state index is 6.17. The van der Waals surface area contributed by atoms with Crippen molar-refractivity contribution in [2.45, 2.75) is 77.4 Å². The first-order valence-electron chi connectivity index (χ1n) is 18.8. The van der Waals surface area contributed by atoms with E-state index in [4.69, 9.17) is 4.42 Å². The molecule has 2 aliphatic rings. The minimum atomic E-state index is -1.25. The molecule has 3 aromatic heterocycles. The van der Waals surface area contributed by atoms with Crippen LogP contribution in [0.5, 0.6) is 0 Å². The number of hydrogen-bond acceptors (Lipinski definition) is 3. The Bertz CT molecular complexity index is 2280. The van der Waals surface area contributed by atoms with Gasteiger partial charge in [0.1, 0.15) is 5.58 Å². The summed E-state index contributed by atoms with van der Waals surface area (Å²) in [5.41, 5.74) is 12.7. The molecule has 0 bridgehead atoms. The number of pyridine rings is 2. The Morgan fingerprint density at radius 1 is 0.712 bits per heavy atom. The molecule has 5 heteroatoms. The van der Waals surface area contributed by atoms with Crippen LogP contribution in [0.25, 0.3) is 55.6 Å². The van der Waals surface area contributed by atoms with Gasteiger partial charge in [-0.1, -0.05) is 136 Å². The Labute approximate surface area is 323 Å². The summed E-state index contributed by atoms with van der Waals surface area (Å²) >= 11 is 0. The number of rotatable bonds is 6. The maximum Gasteiger partial charge on any atom is 0.121 e. The van der Waals surface area contributed by atoms with Gasteiger partial charge < -0.3 is 14.4 Å². The number of nitrogens with zero attached hydrogens (tertiary/aromatic N) is 2. The number of benzene rings is 4. The van der Waals surface area contributed by atoms with E-state index in [0.29, 0.717) is 0 Å². The minimum absolute atomic E-state index is 0. The first-order chi connectivity index (χ1) is 24.9. The van der Waals surface area contributed by atoms with Crippen molar-refractivity contribution in [2.24, 2.45) is 5.92 Å². The van der Waals surface area contributed by atoms with Crippen LogP contribution >= 0.6 is 0 Å². The van der Waals surface area contributed by atoms with Crippen LogP contribution in [0.1, 0.15) is 55.2 Å². The fraction of sp³-hybridized carbons (Fsp3) is 0.277. The monoisotopic (exact) mass is 875 g/mol. The van der Waals surface area contributed by atoms with Crippen LogP contribution in [0.3, 0.4) is 0 Å². The molecule has 0 amide bonds. The molecule has 0 unspecified atom stereocenters. The molecule has 1 saturated carbocycles. The van der Waals surface area contributed by atoms with Crippen LogP contribution in [-0.4, -0.2) is 18.0 Å². The second-order valence-electron chi connectivity index (χ2n) is 15.5. The van der Waals surface area contributed by atoms with Crippen molar-refractivity contribution in [1.82, 2.24) is 9.97 Å². The Hall–Kier alpha value is -4.15. The molecule has 0 spiro atoms. The summed E-state index contributed by atoms with van der Waals surface area (Å²) in [6.07, 6.45) is 15.7. The Morgan fingerprint density at radius 3 is 2.25 bits per heavy atom. The minimum Gasteiger partial charge on any atom is -0.500 e. The molecule has 1 radical (unpaired) electrons. The van der Waals surface area contributed by atoms with Crippen LogP contribution in [0, 0.1) is 18.1 Å². The topological polar surface area (TPSA) is 38.9 Å². The predicted molar refractivity (Wildman–Crippen MR) is 215 cm³/mol. The molecule has 2 aliphatic carbocycles. The second-order valence-corrected chi connectivity index (χ2v) is 20.5. The van der Waals surface area contributed by atoms with E-state index in [9.17, 15) is 0 Å². The number of hydrogen-bond donors (Lipinski definition) is 0. The first kappa shape index (κ1) is 36.2. The van der Waals surface area contributed by atoms with Gasteiger partial charge in [0.25, 0.3) is 0 Å². The van der Waals surface area contributed by atoms with Crippen molar-refractivity contribution in [2.75, 3.05) is 0 Å². The summed E-state index contributed by atoms with van der Waals surface area (Å²) in [5, 5.41) is 3.69. The number of aromatic nitrogens is 2. The van der Waals surface area contributed by atoms with Crippen LogP contribution in [0.4, 0.5) is 0 Å². The third kappa shape index (κ3) is 7.93. The zero-order chi connectivity index (χ0) is 34.8. The standard InChI is InChI=1S/C29H24NO.C18H22NSi.Ir/c1-2-9-22(10-3-1)24-11-6-12-28-29(24)25-19-23(13-14-27(25)31-28)26-18-21(15-16-30-26)17-20-7-4-5-8-20;1-20(2,3)17-10-11-18(19-13-17)16-9-8-14-6-4-5-7-15(14)12-16;/h1-3,6,9-12,14-16,18-20H,4-5,7-8,17H2;8,10-13H,4-7H2,1-3H3;/q2*-1;. The van der Waals surface area contributed by atoms with Gasteiger partial charge in [-0.2, -0.15) is 0 Å². The maximum atomic E-state index is 6.17. The third-order valence-corrected chi connectivity index (χ3v) is 12.8. The molecular weight excluding hydrogens is 829 g/mol. The van der Waals surface area contributed by atoms with Gasteiger partial charge in [-0.15, -0.1) is 58.7 Å². The summed E-state index contributed by atoms with van der Waals surface area (Å²) < 4.78 is 6.17. The molecule has 0 aliphatic heterocycles. The molecular formula is C47H46IrN2OSi-2. The zero-order valence-electron chi connectivity index (χ0n) is 30.5. The largest absolute Gasteiger partial charge is 0.500 e. The van der Waals surface area contributed by atoms with Crippen molar-refractivity contribution in [3.8, 4) is 33.6 Å². The van der Waals surface area contributed by atoms with Gasteiger partial charge in [-0.05, 0) is 58.6 Å². The summed E-state index contributed by atoms with van der Waals surface area (Å²) in [5.74, 6) is 0.827. The van der Waals surface area contributed by atoms with Gasteiger partial charge in [0, 0.05) is 37.9 Å². The van der Waals surface area contributed by atoms with Gasteiger partial charge in [-0.25, -0.2) is 0 Å². The van der Waals surface area contributed by atoms with Crippen LogP contribution in [-0.2, 0) is 39.4 Å². The van der Waals surface area contributed by atoms with E-state index < -0.39 is 8.07 Å². The zero-order valence-corrected chi connectivity index (χ0v) is 33.9. The van der Waals surface area contributed by atoms with E-state index in [0.717, 1.165) is 56.8 Å². The average Bonchev–Trinajstić information content (AvgIpc) is 3.82. The van der Waals surface area contributed by atoms with Crippen molar-refractivity contribution in [3.63, 3.8) is 0 Å². The predicted octanol–water partition coefficient (Wildman–Crippen LogP) is 11.8. The Morgan fingerprint density at radius 2 is 1.48 bits per heavy atom. The molecule has 52 heavy (non-hydrogen) atoms. The normalized spacial score (nSPS) is 14.4. The quantitative estimate of drug-likeness (QED) is 0.123. The summed E-state index contributed by atoms with van der Waals surface area (Å²) in [6, 6.07) is 41.1. The third-order valence-electron chi connectivity index (χ3n) is 10.8. The molecule has 3 nitrogen and oxygen atoms in total. The van der Waals surface area contributed by atoms with E-state index in [1.165, 1.54) is 84.4 Å². The number of furan rings is 1. The summed E-state index contributed by atoms with van der Waals surface area (Å²) in [4.78, 5) is 9.34. The molecule has 7 aromatic rings. The van der Waals surface area contributed by atoms with E-state index in [2.05, 4.69) is 133 Å². The average molecular weight is 875 g/mol. The van der Waals surface area contributed by atoms with Gasteiger partial charge in [0.05, 0.1) is 13.7 Å². The number of aryl methyl sites for hydroxylation is 2. The molecule has 3 heterocycles. The van der Waals surface area contributed by atoms with E-state index in [1.807, 2.05) is 18.3 Å². The Balaban J connectivity index is 0.000000174. The fourth-order valence-corrected chi connectivity index (χ4v) is 8.92. The molecule has 4 aromatic carbocycles. The van der Waals surface area contributed by atoms with E-state index in [1.54, 1.807) is 0 Å². The van der Waals surface area contributed by atoms with Crippen molar-refractivity contribution < 1.29 is 24.5 Å². The van der Waals surface area contributed by atoms with Crippen LogP contribution in [0.2, 0.25) is 19.6 Å². The van der Waals surface area contributed by atoms with Gasteiger partial charge in [0.2, 0.25) is 0 Å². The second kappa shape index (κ2) is 15.8. The molecule has 0 atom stereocenters. The van der Waals surface area contributed by atoms with Crippen LogP contribution < -0.4 is 5.19 Å². The SMILES string of the molecule is C[Si](C)(C)c1ccc(-c2[c-]cc3c(c2)CCCC3)nc1.[Ir].[c-]1cc2oc3cccc(-c4ccccc4)c3c2cc1-c1cc(CC2CCCC2)ccn1. The van der Waals surface area contributed by atoms with Gasteiger partial charge >= 0.3 is 0 Å². The van der Waals surface area contributed by atoms with Crippen molar-refractivity contribution in [1.29, 1.82) is 0 Å². The molecule has 0 saturated heterocycles. The fourth-order valence-electron chi connectivity index (χ4n) is 7.88. The summed E-state index contributed by atoms with van der Waals surface area (Å²) in [7, 11) is -1.25. The van der Waals surface area contributed by atoms with Gasteiger partial charge in [-0.3, -0.25) is 0 Å². The molecule has 0 N–H and O–H groups in total. The van der Waals surface area contributed by atoms with E-state index >= 15 is 0 Å². The molecule has 9 rings (SSSR count). The van der Waals surface area contributed by atoms with Gasteiger partial charge in [0.15, 0.2) is 0 Å². The number of fused-ring (bicyclic) bond motifs is 4. The molecule has 265 valence electrons. The Kier molecular flexibility index (Phi) is 11.0. The molecule has 1 fully saturated rings. The smallest absolute Gasteiger partial charge is 0.121 e. The van der Waals surface area contributed by atoms with E-state index in [-0.39, 0.29) is 20.1 Å². The summed E-state index contributed by atoms with van der Waals surface area (Å²) in [6.45, 7) is 7.07. The van der Waals surface area contributed by atoms with Crippen molar-refractivity contribution >= 4 is 35.2 Å². The first-order valence-corrected chi connectivity index (χ1v) is 22.3.